The molecule has 4 heterocycles. The Bertz CT molecular complexity index is 2080. The maximum atomic E-state index is 4.55. The predicted molar refractivity (Wildman–Crippen MR) is 224 cm³/mol. The molecule has 0 aliphatic heterocycles. The Morgan fingerprint density at radius 2 is 0.593 bits per heavy atom. The first-order valence-electron chi connectivity index (χ1n) is 19.6. The number of hydrogen-bond acceptors (Lipinski definition) is 4. The fourth-order valence-corrected chi connectivity index (χ4v) is 7.15. The molecule has 4 heteroatoms. The first kappa shape index (κ1) is 36.6. The Morgan fingerprint density at radius 3 is 0.944 bits per heavy atom. The predicted octanol–water partition coefficient (Wildman–Crippen LogP) is 12.5. The van der Waals surface area contributed by atoms with Crippen molar-refractivity contribution in [2.45, 2.75) is 78.1 Å². The number of benzene rings is 3. The second-order valence-corrected chi connectivity index (χ2v) is 14.6. The average molecular weight is 707 g/mol. The van der Waals surface area contributed by atoms with Gasteiger partial charge in [-0.15, -0.1) is 0 Å². The number of aromatic nitrogens is 4. The molecule has 0 spiro atoms. The molecular formula is C50H50N4. The summed E-state index contributed by atoms with van der Waals surface area (Å²) in [6.45, 7) is 4.19. The van der Waals surface area contributed by atoms with Crippen LogP contribution in [0.1, 0.15) is 71.9 Å². The molecule has 270 valence electrons. The Morgan fingerprint density at radius 1 is 0.296 bits per heavy atom. The molecule has 7 rings (SSSR count). The normalized spacial score (nSPS) is 11.1. The highest BCUT2D eigenvalue weighted by Gasteiger charge is 2.06. The van der Waals surface area contributed by atoms with E-state index in [-0.39, 0.29) is 0 Å². The second-order valence-electron chi connectivity index (χ2n) is 14.6. The van der Waals surface area contributed by atoms with Crippen LogP contribution in [0.5, 0.6) is 0 Å². The van der Waals surface area contributed by atoms with Crippen molar-refractivity contribution < 1.29 is 0 Å². The number of rotatable bonds is 16. The summed E-state index contributed by atoms with van der Waals surface area (Å²) in [6, 6.07) is 44.2. The third-order valence-corrected chi connectivity index (χ3v) is 10.3. The van der Waals surface area contributed by atoms with Crippen LogP contribution >= 0.6 is 0 Å². The maximum Gasteiger partial charge on any atom is 0.0888 e. The summed E-state index contributed by atoms with van der Waals surface area (Å²) in [6.07, 6.45) is 19.1. The lowest BCUT2D eigenvalue weighted by Gasteiger charge is -2.08. The van der Waals surface area contributed by atoms with E-state index in [0.29, 0.717) is 0 Å². The Kier molecular flexibility index (Phi) is 12.4. The van der Waals surface area contributed by atoms with Crippen molar-refractivity contribution >= 4 is 0 Å². The van der Waals surface area contributed by atoms with E-state index in [1.165, 1.54) is 94.2 Å². The smallest absolute Gasteiger partial charge is 0.0888 e. The van der Waals surface area contributed by atoms with Gasteiger partial charge >= 0.3 is 0 Å². The van der Waals surface area contributed by atoms with Gasteiger partial charge in [0.1, 0.15) is 0 Å². The summed E-state index contributed by atoms with van der Waals surface area (Å²) < 4.78 is 0. The number of hydrogen-bond donors (Lipinski definition) is 0. The standard InChI is InChI=1S/C50H50N4/c1-37-25-29-51-47(33-37)49-35-41(27-31-53-49)11-7-3-5-9-39-13-17-43(18-14-39)45-21-23-46(24-22-45)44-19-15-40(16-20-44)10-6-4-8-12-42-28-32-54-50(36-42)48-34-38(2)26-30-52-48/h13-36H,3-12H2,1-2H3. The summed E-state index contributed by atoms with van der Waals surface area (Å²) in [5, 5.41) is 0. The van der Waals surface area contributed by atoms with Gasteiger partial charge in [-0.3, -0.25) is 19.9 Å². The molecule has 0 atom stereocenters. The van der Waals surface area contributed by atoms with E-state index in [2.05, 4.69) is 143 Å². The van der Waals surface area contributed by atoms with Crippen LogP contribution in [-0.2, 0) is 25.7 Å². The van der Waals surface area contributed by atoms with Gasteiger partial charge in [0.2, 0.25) is 0 Å². The van der Waals surface area contributed by atoms with E-state index < -0.39 is 0 Å². The van der Waals surface area contributed by atoms with Gasteiger partial charge in [-0.25, -0.2) is 0 Å². The van der Waals surface area contributed by atoms with Gasteiger partial charge in [-0.2, -0.15) is 0 Å². The van der Waals surface area contributed by atoms with Crippen LogP contribution in [0, 0.1) is 13.8 Å². The monoisotopic (exact) mass is 706 g/mol. The van der Waals surface area contributed by atoms with E-state index in [1.54, 1.807) is 0 Å². The molecule has 54 heavy (non-hydrogen) atoms. The molecular weight excluding hydrogens is 657 g/mol. The van der Waals surface area contributed by atoms with Crippen molar-refractivity contribution in [2.75, 3.05) is 0 Å². The fourth-order valence-electron chi connectivity index (χ4n) is 7.15. The molecule has 0 unspecified atom stereocenters. The van der Waals surface area contributed by atoms with Gasteiger partial charge < -0.3 is 0 Å². The lowest BCUT2D eigenvalue weighted by Crippen LogP contribution is -1.93. The number of nitrogens with zero attached hydrogens (tertiary/aromatic N) is 4. The number of pyridine rings is 4. The second kappa shape index (κ2) is 18.3. The first-order chi connectivity index (χ1) is 26.6. The van der Waals surface area contributed by atoms with Gasteiger partial charge in [-0.1, -0.05) is 85.6 Å². The minimum absolute atomic E-state index is 0.948. The molecule has 0 fully saturated rings. The topological polar surface area (TPSA) is 51.6 Å². The van der Waals surface area contributed by atoms with Crippen molar-refractivity contribution in [3.8, 4) is 45.0 Å². The van der Waals surface area contributed by atoms with Gasteiger partial charge in [0.25, 0.3) is 0 Å². The van der Waals surface area contributed by atoms with Crippen LogP contribution < -0.4 is 0 Å². The van der Waals surface area contributed by atoms with Crippen molar-refractivity contribution in [2.24, 2.45) is 0 Å². The molecule has 4 nitrogen and oxygen atoms in total. The van der Waals surface area contributed by atoms with Crippen molar-refractivity contribution in [1.82, 2.24) is 19.9 Å². The average Bonchev–Trinajstić information content (AvgIpc) is 3.21. The number of unbranched alkanes of at least 4 members (excludes halogenated alkanes) is 4. The van der Waals surface area contributed by atoms with E-state index in [0.717, 1.165) is 48.5 Å². The van der Waals surface area contributed by atoms with Gasteiger partial charge in [0, 0.05) is 24.8 Å². The third-order valence-electron chi connectivity index (χ3n) is 10.3. The molecule has 3 aromatic carbocycles. The zero-order chi connectivity index (χ0) is 37.0. The fraction of sp³-hybridized carbons (Fsp3) is 0.240. The van der Waals surface area contributed by atoms with Crippen LogP contribution in [0.2, 0.25) is 0 Å². The van der Waals surface area contributed by atoms with Gasteiger partial charge in [-0.05, 0) is 169 Å². The van der Waals surface area contributed by atoms with Crippen LogP contribution in [0.4, 0.5) is 0 Å². The molecule has 0 aliphatic rings. The molecule has 0 amide bonds. The lowest BCUT2D eigenvalue weighted by molar-refractivity contribution is 0.678. The minimum Gasteiger partial charge on any atom is -0.255 e. The zero-order valence-electron chi connectivity index (χ0n) is 31.7. The highest BCUT2D eigenvalue weighted by atomic mass is 14.8. The highest BCUT2D eigenvalue weighted by Crippen LogP contribution is 2.27. The molecule has 0 saturated heterocycles. The quantitative estimate of drug-likeness (QED) is 0.0939. The van der Waals surface area contributed by atoms with Crippen molar-refractivity contribution in [3.05, 3.63) is 179 Å². The molecule has 0 bridgehead atoms. The summed E-state index contributed by atoms with van der Waals surface area (Å²) in [5.74, 6) is 0. The van der Waals surface area contributed by atoms with Crippen LogP contribution in [-0.4, -0.2) is 19.9 Å². The van der Waals surface area contributed by atoms with Gasteiger partial charge in [0.15, 0.2) is 0 Å². The van der Waals surface area contributed by atoms with E-state index in [4.69, 9.17) is 0 Å². The SMILES string of the molecule is Cc1ccnc(-c2cc(CCCCCc3ccc(-c4ccc(-c5ccc(CCCCCc6ccnc(-c7cc(C)ccn7)c6)cc5)cc4)cc3)ccn2)c1. The lowest BCUT2D eigenvalue weighted by atomic mass is 9.97. The summed E-state index contributed by atoms with van der Waals surface area (Å²) in [5.41, 5.74) is 16.8. The van der Waals surface area contributed by atoms with E-state index in [1.807, 2.05) is 36.9 Å². The number of aryl methyl sites for hydroxylation is 6. The summed E-state index contributed by atoms with van der Waals surface area (Å²) in [4.78, 5) is 18.1. The molecule has 0 aliphatic carbocycles. The van der Waals surface area contributed by atoms with Crippen molar-refractivity contribution in [1.29, 1.82) is 0 Å². The van der Waals surface area contributed by atoms with E-state index >= 15 is 0 Å². The van der Waals surface area contributed by atoms with Crippen LogP contribution in [0.25, 0.3) is 45.0 Å². The highest BCUT2D eigenvalue weighted by molar-refractivity contribution is 5.70. The molecule has 7 aromatic rings. The van der Waals surface area contributed by atoms with Crippen molar-refractivity contribution in [3.63, 3.8) is 0 Å². The van der Waals surface area contributed by atoms with E-state index in [9.17, 15) is 0 Å². The first-order valence-corrected chi connectivity index (χ1v) is 19.6. The summed E-state index contributed by atoms with van der Waals surface area (Å²) in [7, 11) is 0. The molecule has 0 radical (unpaired) electrons. The zero-order valence-corrected chi connectivity index (χ0v) is 31.7. The Labute approximate surface area is 321 Å². The minimum atomic E-state index is 0.948. The molecule has 0 saturated carbocycles. The largest absolute Gasteiger partial charge is 0.255 e. The summed E-state index contributed by atoms with van der Waals surface area (Å²) >= 11 is 0. The van der Waals surface area contributed by atoms with Crippen LogP contribution in [0.15, 0.2) is 146 Å². The Balaban J connectivity index is 0.815. The molecule has 4 aromatic heterocycles. The van der Waals surface area contributed by atoms with Crippen LogP contribution in [0.3, 0.4) is 0 Å². The Hall–Kier alpha value is -5.74. The maximum absolute atomic E-state index is 4.55. The molecule has 0 N–H and O–H groups in total. The third kappa shape index (κ3) is 10.2. The van der Waals surface area contributed by atoms with Gasteiger partial charge in [0.05, 0.1) is 22.8 Å².